The first-order chi connectivity index (χ1) is 28.1. The van der Waals surface area contributed by atoms with Crippen LogP contribution in [0.2, 0.25) is 0 Å². The number of benzene rings is 2. The highest BCUT2D eigenvalue weighted by Gasteiger charge is 2.54. The summed E-state index contributed by atoms with van der Waals surface area (Å²) in [7, 11) is 0. The summed E-state index contributed by atoms with van der Waals surface area (Å²) in [6.45, 7) is 13.4. The summed E-state index contributed by atoms with van der Waals surface area (Å²) in [5.74, 6) is -2.96. The molecule has 9 atom stereocenters. The van der Waals surface area contributed by atoms with Crippen molar-refractivity contribution in [2.75, 3.05) is 0 Å². The molecule has 17 nitrogen and oxygen atoms in total. The molecule has 4 unspecified atom stereocenters. The van der Waals surface area contributed by atoms with Crippen LogP contribution >= 0.6 is 0 Å². The van der Waals surface area contributed by atoms with Crippen LogP contribution in [0.5, 0.6) is 0 Å². The van der Waals surface area contributed by atoms with Crippen molar-refractivity contribution in [2.24, 2.45) is 29.0 Å². The number of amides is 1. The lowest BCUT2D eigenvalue weighted by atomic mass is 9.98. The Morgan fingerprint density at radius 1 is 0.883 bits per heavy atom. The molecule has 4 rings (SSSR count). The van der Waals surface area contributed by atoms with E-state index in [1.807, 2.05) is 79.4 Å². The average molecular weight is 840 g/mol. The first kappa shape index (κ1) is 50.8. The van der Waals surface area contributed by atoms with Gasteiger partial charge in [0.05, 0.1) is 18.9 Å². The van der Waals surface area contributed by atoms with Crippen LogP contribution in [0.15, 0.2) is 73.2 Å². The number of H-pyrrole nitrogens is 1. The Morgan fingerprint density at radius 2 is 1.45 bits per heavy atom. The SMILES string of the molecule is CC(C)(C)OC(=O)N[C@@H](Cc1ccccc1)C(=O)O.CCC(C)C1C(N)N1[C@@H](Cc1ccccc1)C(=O)O[C@@H](CC(=O)O)[C@@H](N)CC(C)C.N[C@@H](Cc1cnc[nH]1)C(=O)O. The zero-order valence-corrected chi connectivity index (χ0v) is 35.7. The van der Waals surface area contributed by atoms with Crippen molar-refractivity contribution in [2.45, 2.75) is 135 Å². The van der Waals surface area contributed by atoms with Crippen LogP contribution in [0, 0.1) is 11.8 Å². The standard InChI is InChI=1S/C23H37N3O4.C14H19NO4.C6H9N3O2/c1-5-15(4)21-22(25)26(21)18(12-16-9-7-6-8-10-16)23(29)30-19(13-20(27)28)17(24)11-14(2)3;1-14(2,3)19-13(18)15-11(12(16)17)9-10-7-5-4-6-8-10;7-5(6(10)11)1-4-2-8-3-9-4/h6-10,14-15,17-19,21-22H,5,11-13,24-25H2,1-4H3,(H,27,28);4-8,11H,9H2,1-3H3,(H,15,18)(H,16,17);2-3,5H,1,7H2,(H,8,9)(H,10,11)/t15?,17-,18-,19-,21?,22?,26?;11-;5-/m000/s1. The summed E-state index contributed by atoms with van der Waals surface area (Å²) in [6, 6.07) is 16.0. The maximum Gasteiger partial charge on any atom is 0.408 e. The van der Waals surface area contributed by atoms with Gasteiger partial charge in [-0.25, -0.2) is 14.6 Å². The van der Waals surface area contributed by atoms with Crippen LogP contribution in [-0.2, 0) is 47.9 Å². The zero-order chi connectivity index (χ0) is 45.2. The number of nitrogens with one attached hydrogen (secondary N) is 2. The fourth-order valence-electron chi connectivity index (χ4n) is 6.32. The Hall–Kier alpha value is -5.36. The van der Waals surface area contributed by atoms with Gasteiger partial charge in [-0.15, -0.1) is 0 Å². The molecular formula is C43H65N7O10. The molecule has 11 N–H and O–H groups in total. The summed E-state index contributed by atoms with van der Waals surface area (Å²) in [6.07, 6.45) is 3.44. The van der Waals surface area contributed by atoms with E-state index in [2.05, 4.69) is 29.1 Å². The van der Waals surface area contributed by atoms with E-state index in [1.165, 1.54) is 6.33 Å². The molecule has 0 bridgehead atoms. The smallest absolute Gasteiger partial charge is 0.408 e. The van der Waals surface area contributed by atoms with Gasteiger partial charge in [0.15, 0.2) is 0 Å². The highest BCUT2D eigenvalue weighted by atomic mass is 16.6. The Labute approximate surface area is 352 Å². The fourth-order valence-corrected chi connectivity index (χ4v) is 6.32. The third-order valence-electron chi connectivity index (χ3n) is 9.53. The van der Waals surface area contributed by atoms with Crippen LogP contribution in [0.1, 0.15) is 84.5 Å². The van der Waals surface area contributed by atoms with Crippen molar-refractivity contribution in [1.82, 2.24) is 20.2 Å². The lowest BCUT2D eigenvalue weighted by molar-refractivity contribution is -0.158. The lowest BCUT2D eigenvalue weighted by Crippen LogP contribution is -2.45. The van der Waals surface area contributed by atoms with E-state index in [4.69, 9.17) is 36.9 Å². The number of nitrogens with two attached hydrogens (primary N) is 3. The molecule has 3 aromatic rings. The summed E-state index contributed by atoms with van der Waals surface area (Å²) < 4.78 is 10.8. The molecule has 1 aliphatic heterocycles. The predicted octanol–water partition coefficient (Wildman–Crippen LogP) is 3.94. The highest BCUT2D eigenvalue weighted by Crippen LogP contribution is 2.36. The number of aliphatic carboxylic acids is 3. The third-order valence-corrected chi connectivity index (χ3v) is 9.53. The number of carboxylic acid groups (broad SMARTS) is 3. The van der Waals surface area contributed by atoms with Gasteiger partial charge in [-0.1, -0.05) is 94.8 Å². The Balaban J connectivity index is 0.000000350. The van der Waals surface area contributed by atoms with Crippen molar-refractivity contribution < 1.29 is 48.8 Å². The second-order valence-electron chi connectivity index (χ2n) is 16.3. The van der Waals surface area contributed by atoms with E-state index in [-0.39, 0.29) is 37.4 Å². The molecule has 1 fully saturated rings. The van der Waals surface area contributed by atoms with E-state index in [0.717, 1.165) is 23.2 Å². The summed E-state index contributed by atoms with van der Waals surface area (Å²) in [5, 5.41) is 29.2. The maximum atomic E-state index is 13.2. The Kier molecular flexibility index (Phi) is 20.9. The number of rotatable bonds is 19. The molecule has 2 heterocycles. The topological polar surface area (TPSA) is 286 Å². The number of aromatic amines is 1. The predicted molar refractivity (Wildman–Crippen MR) is 225 cm³/mol. The van der Waals surface area contributed by atoms with Gasteiger partial charge in [0.25, 0.3) is 0 Å². The van der Waals surface area contributed by atoms with Crippen LogP contribution < -0.4 is 22.5 Å². The van der Waals surface area contributed by atoms with Crippen LogP contribution in [0.4, 0.5) is 4.79 Å². The molecule has 60 heavy (non-hydrogen) atoms. The minimum atomic E-state index is -1.09. The van der Waals surface area contributed by atoms with Gasteiger partial charge in [-0.3, -0.25) is 19.3 Å². The second-order valence-corrected chi connectivity index (χ2v) is 16.3. The second kappa shape index (κ2) is 24.7. The van der Waals surface area contributed by atoms with Crippen LogP contribution in [-0.4, -0.2) is 108 Å². The normalized spacial score (nSPS) is 18.7. The number of carbonyl (C=O) groups excluding carboxylic acids is 2. The molecule has 0 saturated carbocycles. The molecule has 332 valence electrons. The molecule has 0 spiro atoms. The van der Waals surface area contributed by atoms with Crippen LogP contribution in [0.25, 0.3) is 0 Å². The zero-order valence-electron chi connectivity index (χ0n) is 35.7. The number of carboxylic acids is 3. The number of carbonyl (C=O) groups is 5. The average Bonchev–Trinajstić information content (AvgIpc) is 3.54. The Morgan fingerprint density at radius 3 is 1.90 bits per heavy atom. The lowest BCUT2D eigenvalue weighted by Gasteiger charge is -2.27. The molecule has 1 aromatic heterocycles. The number of alkyl carbamates (subject to hydrolysis) is 1. The first-order valence-electron chi connectivity index (χ1n) is 20.1. The largest absolute Gasteiger partial charge is 0.481 e. The minimum Gasteiger partial charge on any atom is -0.481 e. The van der Waals surface area contributed by atoms with Crippen molar-refractivity contribution in [3.8, 4) is 0 Å². The van der Waals surface area contributed by atoms with E-state index in [1.54, 1.807) is 27.0 Å². The van der Waals surface area contributed by atoms with E-state index < -0.39 is 65.8 Å². The molecule has 17 heteroatoms. The number of imidazole rings is 1. The van der Waals surface area contributed by atoms with Crippen LogP contribution in [0.3, 0.4) is 0 Å². The van der Waals surface area contributed by atoms with Gasteiger partial charge >= 0.3 is 30.0 Å². The number of hydrogen-bond donors (Lipinski definition) is 8. The fraction of sp³-hybridized carbons (Fsp3) is 0.535. The van der Waals surface area contributed by atoms with Crippen molar-refractivity contribution >= 4 is 30.0 Å². The van der Waals surface area contributed by atoms with Crippen molar-refractivity contribution in [3.05, 3.63) is 90.0 Å². The summed E-state index contributed by atoms with van der Waals surface area (Å²) in [4.78, 5) is 66.1. The van der Waals surface area contributed by atoms with Gasteiger partial charge in [-0.2, -0.15) is 0 Å². The van der Waals surface area contributed by atoms with E-state index in [9.17, 15) is 29.1 Å². The quantitative estimate of drug-likeness (QED) is 0.0627. The van der Waals surface area contributed by atoms with E-state index >= 15 is 0 Å². The molecule has 0 radical (unpaired) electrons. The highest BCUT2D eigenvalue weighted by molar-refractivity contribution is 5.80. The monoisotopic (exact) mass is 839 g/mol. The summed E-state index contributed by atoms with van der Waals surface area (Å²) in [5.41, 5.74) is 19.7. The molecule has 1 aliphatic rings. The molecule has 1 saturated heterocycles. The number of aromatic nitrogens is 2. The van der Waals surface area contributed by atoms with Gasteiger partial charge in [0, 0.05) is 36.8 Å². The third kappa shape index (κ3) is 18.7. The number of esters is 1. The first-order valence-corrected chi connectivity index (χ1v) is 20.1. The van der Waals surface area contributed by atoms with E-state index in [0.29, 0.717) is 18.8 Å². The van der Waals surface area contributed by atoms with Crippen molar-refractivity contribution in [3.63, 3.8) is 0 Å². The maximum absolute atomic E-state index is 13.2. The van der Waals surface area contributed by atoms with Gasteiger partial charge < -0.3 is 52.3 Å². The van der Waals surface area contributed by atoms with Crippen molar-refractivity contribution in [1.29, 1.82) is 0 Å². The molecule has 1 amide bonds. The van der Waals surface area contributed by atoms with Gasteiger partial charge in [0.2, 0.25) is 0 Å². The van der Waals surface area contributed by atoms with Gasteiger partial charge in [0.1, 0.15) is 29.8 Å². The Bertz CT molecular complexity index is 1760. The molecular weight excluding hydrogens is 775 g/mol. The molecule has 2 aromatic carbocycles. The number of nitrogens with zero attached hydrogens (tertiary/aromatic N) is 2. The molecule has 0 aliphatic carbocycles. The number of hydrogen-bond acceptors (Lipinski definition) is 12. The minimum absolute atomic E-state index is 0.110. The van der Waals surface area contributed by atoms with Gasteiger partial charge in [-0.05, 0) is 56.6 Å². The number of ether oxygens (including phenoxy) is 2. The summed E-state index contributed by atoms with van der Waals surface area (Å²) >= 11 is 0.